The minimum Gasteiger partial charge on any atom is -0.497 e. The van der Waals surface area contributed by atoms with Gasteiger partial charge in [-0.15, -0.1) is 0 Å². The Bertz CT molecular complexity index is 314. The predicted molar refractivity (Wildman–Crippen MR) is 56.1 cm³/mol. The van der Waals surface area contributed by atoms with Crippen LogP contribution in [0.4, 0.5) is 0 Å². The van der Waals surface area contributed by atoms with Crippen LogP contribution in [0.3, 0.4) is 0 Å². The first-order valence-corrected chi connectivity index (χ1v) is 5.49. The highest BCUT2D eigenvalue weighted by molar-refractivity contribution is 7.87. The average molecular weight is 196 g/mol. The molecule has 0 fully saturated rings. The van der Waals surface area contributed by atoms with Crippen LogP contribution >= 0.6 is 0 Å². The summed E-state index contributed by atoms with van der Waals surface area (Å²) in [6.07, 6.45) is 3.47. The molecular formula is C10H12O2S. The number of hydrogen-bond acceptors (Lipinski definition) is 2. The number of rotatable bonds is 3. The number of benzene rings is 1. The van der Waals surface area contributed by atoms with E-state index in [-0.39, 0.29) is 0 Å². The van der Waals surface area contributed by atoms with Gasteiger partial charge in [-0.05, 0) is 23.8 Å². The van der Waals surface area contributed by atoms with Gasteiger partial charge in [0.2, 0.25) is 0 Å². The highest BCUT2D eigenvalue weighted by atomic mass is 32.2. The van der Waals surface area contributed by atoms with E-state index in [1.807, 2.05) is 30.3 Å². The number of methoxy groups -OCH3 is 1. The molecule has 2 nitrogen and oxygen atoms in total. The molecule has 0 aliphatic heterocycles. The Hall–Kier alpha value is -1.09. The third-order valence-electron chi connectivity index (χ3n) is 1.57. The summed E-state index contributed by atoms with van der Waals surface area (Å²) in [5.74, 6) is 0.828. The third kappa shape index (κ3) is 3.42. The van der Waals surface area contributed by atoms with Crippen molar-refractivity contribution in [2.45, 2.75) is 0 Å². The molecule has 0 bridgehead atoms. The van der Waals surface area contributed by atoms with E-state index in [2.05, 4.69) is 0 Å². The van der Waals surface area contributed by atoms with E-state index in [1.54, 1.807) is 18.8 Å². The van der Waals surface area contributed by atoms with Gasteiger partial charge in [-0.2, -0.15) is 0 Å². The van der Waals surface area contributed by atoms with Crippen LogP contribution in [0.5, 0.6) is 5.75 Å². The van der Waals surface area contributed by atoms with Crippen molar-refractivity contribution in [2.75, 3.05) is 13.4 Å². The molecule has 70 valence electrons. The van der Waals surface area contributed by atoms with Gasteiger partial charge in [0.25, 0.3) is 0 Å². The van der Waals surface area contributed by atoms with Crippen LogP contribution < -0.4 is 4.74 Å². The first-order valence-electron chi connectivity index (χ1n) is 3.87. The summed E-state index contributed by atoms with van der Waals surface area (Å²) in [6, 6.07) is 7.58. The first-order chi connectivity index (χ1) is 6.22. The molecule has 13 heavy (non-hydrogen) atoms. The maximum atomic E-state index is 10.7. The molecule has 1 aromatic rings. The van der Waals surface area contributed by atoms with Crippen LogP contribution in [0.1, 0.15) is 5.56 Å². The fourth-order valence-electron chi connectivity index (χ4n) is 0.889. The van der Waals surface area contributed by atoms with Gasteiger partial charge >= 0.3 is 0 Å². The molecule has 0 spiro atoms. The molecule has 1 atom stereocenters. The lowest BCUT2D eigenvalue weighted by molar-refractivity contribution is 0.415. The van der Waals surface area contributed by atoms with E-state index < -0.39 is 10.8 Å². The lowest BCUT2D eigenvalue weighted by Gasteiger charge is -1.98. The number of hydrogen-bond donors (Lipinski definition) is 0. The maximum Gasteiger partial charge on any atom is 0.118 e. The SMILES string of the molecule is COc1ccc(/C=C/S(C)=O)cc1. The zero-order valence-corrected chi connectivity index (χ0v) is 8.51. The van der Waals surface area contributed by atoms with Crippen molar-refractivity contribution >= 4 is 16.9 Å². The smallest absolute Gasteiger partial charge is 0.118 e. The van der Waals surface area contributed by atoms with Crippen LogP contribution in [0.25, 0.3) is 6.08 Å². The Morgan fingerprint density at radius 2 is 1.92 bits per heavy atom. The van der Waals surface area contributed by atoms with Crippen molar-refractivity contribution < 1.29 is 8.95 Å². The summed E-state index contributed by atoms with van der Waals surface area (Å²) < 4.78 is 15.8. The molecule has 0 radical (unpaired) electrons. The van der Waals surface area contributed by atoms with Crippen molar-refractivity contribution in [3.05, 3.63) is 35.2 Å². The summed E-state index contributed by atoms with van der Waals surface area (Å²) in [5.41, 5.74) is 1.02. The van der Waals surface area contributed by atoms with Crippen molar-refractivity contribution in [3.63, 3.8) is 0 Å². The summed E-state index contributed by atoms with van der Waals surface area (Å²) in [6.45, 7) is 0. The molecule has 1 unspecified atom stereocenters. The number of ether oxygens (including phenoxy) is 1. The maximum absolute atomic E-state index is 10.7. The van der Waals surface area contributed by atoms with Crippen molar-refractivity contribution in [1.29, 1.82) is 0 Å². The lowest BCUT2D eigenvalue weighted by atomic mass is 10.2. The average Bonchev–Trinajstić information content (AvgIpc) is 2.15. The van der Waals surface area contributed by atoms with E-state index in [9.17, 15) is 4.21 Å². The highest BCUT2D eigenvalue weighted by Crippen LogP contribution is 2.12. The Morgan fingerprint density at radius 3 is 2.38 bits per heavy atom. The van der Waals surface area contributed by atoms with E-state index in [1.165, 1.54) is 0 Å². The van der Waals surface area contributed by atoms with Gasteiger partial charge in [-0.3, -0.25) is 4.21 Å². The Balaban J connectivity index is 2.75. The third-order valence-corrected chi connectivity index (χ3v) is 2.09. The predicted octanol–water partition coefficient (Wildman–Crippen LogP) is 2.04. The molecule has 0 aliphatic carbocycles. The first kappa shape index (κ1) is 9.99. The molecule has 0 aliphatic rings. The summed E-state index contributed by atoms with van der Waals surface area (Å²) >= 11 is 0. The standard InChI is InChI=1S/C10H12O2S/c1-12-10-5-3-9(4-6-10)7-8-13(2)11/h3-8H,1-2H3/b8-7+. The van der Waals surface area contributed by atoms with Crippen LogP contribution in [-0.2, 0) is 10.8 Å². The van der Waals surface area contributed by atoms with Crippen LogP contribution in [0.15, 0.2) is 29.7 Å². The van der Waals surface area contributed by atoms with Gasteiger partial charge in [0, 0.05) is 22.5 Å². The van der Waals surface area contributed by atoms with E-state index >= 15 is 0 Å². The van der Waals surface area contributed by atoms with Crippen molar-refractivity contribution in [1.82, 2.24) is 0 Å². The van der Waals surface area contributed by atoms with E-state index in [0.29, 0.717) is 0 Å². The quantitative estimate of drug-likeness (QED) is 0.739. The van der Waals surface area contributed by atoms with Crippen molar-refractivity contribution in [3.8, 4) is 5.75 Å². The Labute approximate surface area is 80.7 Å². The molecule has 1 rings (SSSR count). The Morgan fingerprint density at radius 1 is 1.31 bits per heavy atom. The normalized spacial score (nSPS) is 13.1. The molecule has 3 heteroatoms. The topological polar surface area (TPSA) is 26.3 Å². The summed E-state index contributed by atoms with van der Waals surface area (Å²) in [5, 5.41) is 1.65. The van der Waals surface area contributed by atoms with Gasteiger partial charge in [-0.25, -0.2) is 0 Å². The Kier molecular flexibility index (Phi) is 3.71. The molecule has 0 heterocycles. The fraction of sp³-hybridized carbons (Fsp3) is 0.200. The zero-order chi connectivity index (χ0) is 9.68. The summed E-state index contributed by atoms with van der Waals surface area (Å²) in [4.78, 5) is 0. The van der Waals surface area contributed by atoms with E-state index in [4.69, 9.17) is 4.74 Å². The highest BCUT2D eigenvalue weighted by Gasteiger charge is 1.89. The van der Waals surface area contributed by atoms with Gasteiger partial charge in [0.1, 0.15) is 5.75 Å². The molecule has 0 amide bonds. The van der Waals surface area contributed by atoms with Crippen LogP contribution in [-0.4, -0.2) is 17.6 Å². The van der Waals surface area contributed by atoms with E-state index in [0.717, 1.165) is 11.3 Å². The largest absolute Gasteiger partial charge is 0.497 e. The molecular weight excluding hydrogens is 184 g/mol. The molecule has 0 saturated heterocycles. The summed E-state index contributed by atoms with van der Waals surface area (Å²) in [7, 11) is 0.746. The van der Waals surface area contributed by atoms with Crippen LogP contribution in [0, 0.1) is 0 Å². The minimum atomic E-state index is -0.885. The molecule has 0 N–H and O–H groups in total. The molecule has 1 aromatic carbocycles. The fourth-order valence-corrected chi connectivity index (χ4v) is 1.24. The second-order valence-electron chi connectivity index (χ2n) is 2.57. The second kappa shape index (κ2) is 4.82. The van der Waals surface area contributed by atoms with Gasteiger partial charge < -0.3 is 4.74 Å². The van der Waals surface area contributed by atoms with Crippen molar-refractivity contribution in [2.24, 2.45) is 0 Å². The minimum absolute atomic E-state index is 0.828. The van der Waals surface area contributed by atoms with Crippen LogP contribution in [0.2, 0.25) is 0 Å². The molecule has 0 saturated carbocycles. The lowest BCUT2D eigenvalue weighted by Crippen LogP contribution is -1.81. The zero-order valence-electron chi connectivity index (χ0n) is 7.69. The van der Waals surface area contributed by atoms with Gasteiger partial charge in [0.05, 0.1) is 7.11 Å². The second-order valence-corrected chi connectivity index (χ2v) is 3.84. The van der Waals surface area contributed by atoms with Gasteiger partial charge in [-0.1, -0.05) is 12.1 Å². The van der Waals surface area contributed by atoms with Gasteiger partial charge in [0.15, 0.2) is 0 Å². The molecule has 0 aromatic heterocycles. The monoisotopic (exact) mass is 196 g/mol.